The molecule has 1 amide bonds. The number of aromatic nitrogens is 3. The van der Waals surface area contributed by atoms with E-state index in [-0.39, 0.29) is 11.3 Å². The number of hydrogen-bond donors (Lipinski definition) is 2. The van der Waals surface area contributed by atoms with E-state index in [1.165, 1.54) is 0 Å². The first-order valence-electron chi connectivity index (χ1n) is 9.20. The van der Waals surface area contributed by atoms with Crippen molar-refractivity contribution in [2.24, 2.45) is 5.41 Å². The largest absolute Gasteiger partial charge is 0.351 e. The number of amides is 1. The molecule has 27 heavy (non-hydrogen) atoms. The van der Waals surface area contributed by atoms with E-state index in [1.807, 2.05) is 6.08 Å². The second-order valence-corrected chi connectivity index (χ2v) is 7.87. The molecule has 2 rings (SSSR count). The van der Waals surface area contributed by atoms with Gasteiger partial charge < -0.3 is 10.3 Å². The third kappa shape index (κ3) is 5.61. The predicted octanol–water partition coefficient (Wildman–Crippen LogP) is 4.06. The van der Waals surface area contributed by atoms with Crippen molar-refractivity contribution >= 4 is 28.9 Å². The van der Waals surface area contributed by atoms with Crippen LogP contribution in [0.5, 0.6) is 0 Å². The number of carbonyl (C=O) groups excluding carboxylic acids is 2. The summed E-state index contributed by atoms with van der Waals surface area (Å²) in [6, 6.07) is 0. The van der Waals surface area contributed by atoms with Crippen LogP contribution in [0.2, 0.25) is 0 Å². The summed E-state index contributed by atoms with van der Waals surface area (Å²) in [4.78, 5) is 35.5. The first kappa shape index (κ1) is 20.6. The molecular weight excluding hydrogens is 340 g/mol. The molecule has 0 aliphatic carbocycles. The van der Waals surface area contributed by atoms with Gasteiger partial charge in [0.15, 0.2) is 5.65 Å². The summed E-state index contributed by atoms with van der Waals surface area (Å²) in [5.74, 6) is -0.166. The highest BCUT2D eigenvalue weighted by Gasteiger charge is 2.18. The lowest BCUT2D eigenvalue weighted by Crippen LogP contribution is -2.32. The van der Waals surface area contributed by atoms with Crippen LogP contribution in [-0.4, -0.2) is 33.7 Å². The lowest BCUT2D eigenvalue weighted by atomic mass is 9.97. The average molecular weight is 368 g/mol. The third-order valence-electron chi connectivity index (χ3n) is 3.99. The van der Waals surface area contributed by atoms with E-state index >= 15 is 0 Å². The number of H-pyrrole nitrogens is 1. The van der Waals surface area contributed by atoms with Gasteiger partial charge in [-0.25, -0.2) is 9.97 Å². The Morgan fingerprint density at radius 3 is 2.67 bits per heavy atom. The summed E-state index contributed by atoms with van der Waals surface area (Å²) in [5, 5.41) is 2.95. The molecule has 0 spiro atoms. The molecule has 0 aromatic carbocycles. The molecular formula is C21H28N4O2. The van der Waals surface area contributed by atoms with E-state index in [0.717, 1.165) is 24.7 Å². The van der Waals surface area contributed by atoms with Crippen molar-refractivity contribution in [3.63, 3.8) is 0 Å². The molecule has 0 bridgehead atoms. The first-order chi connectivity index (χ1) is 12.7. The summed E-state index contributed by atoms with van der Waals surface area (Å²) in [7, 11) is 0. The third-order valence-corrected chi connectivity index (χ3v) is 3.99. The number of nitrogens with zero attached hydrogens (tertiary/aromatic N) is 2. The Hall–Kier alpha value is -2.76. The molecule has 0 saturated heterocycles. The fourth-order valence-corrected chi connectivity index (χ4v) is 2.50. The van der Waals surface area contributed by atoms with Gasteiger partial charge in [-0.1, -0.05) is 46.3 Å². The maximum atomic E-state index is 12.6. The SMILES string of the molecule is CCC/C(=C\C=C(/C)C=O)c1cnc2[nH]cc(C(=O)NCC(C)(C)C)c2n1. The zero-order chi connectivity index (χ0) is 20.0. The topological polar surface area (TPSA) is 87.7 Å². The van der Waals surface area contributed by atoms with Gasteiger partial charge in [0.25, 0.3) is 5.91 Å². The molecule has 0 saturated carbocycles. The van der Waals surface area contributed by atoms with Crippen molar-refractivity contribution in [2.45, 2.75) is 47.5 Å². The van der Waals surface area contributed by atoms with Crippen molar-refractivity contribution in [3.05, 3.63) is 41.4 Å². The first-order valence-corrected chi connectivity index (χ1v) is 9.20. The highest BCUT2D eigenvalue weighted by Crippen LogP contribution is 2.22. The Labute approximate surface area is 160 Å². The predicted molar refractivity (Wildman–Crippen MR) is 108 cm³/mol. The Balaban J connectivity index is 2.39. The van der Waals surface area contributed by atoms with Gasteiger partial charge in [-0.2, -0.15) is 0 Å². The van der Waals surface area contributed by atoms with Gasteiger partial charge in [-0.05, 0) is 29.9 Å². The molecule has 0 aliphatic rings. The molecule has 0 fully saturated rings. The normalized spacial score (nSPS) is 13.1. The minimum atomic E-state index is -0.166. The fourth-order valence-electron chi connectivity index (χ4n) is 2.50. The number of aromatic amines is 1. The molecule has 2 aromatic rings. The molecule has 144 valence electrons. The van der Waals surface area contributed by atoms with Crippen molar-refractivity contribution in [2.75, 3.05) is 6.54 Å². The average Bonchev–Trinajstić information content (AvgIpc) is 3.05. The maximum absolute atomic E-state index is 12.6. The van der Waals surface area contributed by atoms with E-state index in [4.69, 9.17) is 0 Å². The lowest BCUT2D eigenvalue weighted by Gasteiger charge is -2.18. The molecule has 0 atom stereocenters. The Morgan fingerprint density at radius 1 is 1.30 bits per heavy atom. The second-order valence-electron chi connectivity index (χ2n) is 7.87. The lowest BCUT2D eigenvalue weighted by molar-refractivity contribution is -0.104. The molecule has 2 N–H and O–H groups in total. The van der Waals surface area contributed by atoms with Crippen LogP contribution >= 0.6 is 0 Å². The standard InChI is InChI=1S/C21H28N4O2/c1-6-7-15(9-8-14(2)12-26)17-11-23-19-18(25-17)16(10-22-19)20(27)24-13-21(3,4)5/h8-12H,6-7,13H2,1-5H3,(H,22,23)(H,24,27)/b14-8+,15-9+. The van der Waals surface area contributed by atoms with Gasteiger partial charge in [0.2, 0.25) is 0 Å². The van der Waals surface area contributed by atoms with E-state index < -0.39 is 0 Å². The Kier molecular flexibility index (Phi) is 6.66. The van der Waals surface area contributed by atoms with Crippen LogP contribution in [0.25, 0.3) is 16.7 Å². The zero-order valence-electron chi connectivity index (χ0n) is 16.7. The quantitative estimate of drug-likeness (QED) is 0.438. The number of fused-ring (bicyclic) bond motifs is 1. The van der Waals surface area contributed by atoms with Crippen LogP contribution in [-0.2, 0) is 4.79 Å². The zero-order valence-corrected chi connectivity index (χ0v) is 16.7. The Bertz CT molecular complexity index is 885. The van der Waals surface area contributed by atoms with Crippen LogP contribution in [0, 0.1) is 5.41 Å². The van der Waals surface area contributed by atoms with Gasteiger partial charge >= 0.3 is 0 Å². The molecule has 0 unspecified atom stereocenters. The highest BCUT2D eigenvalue weighted by atomic mass is 16.1. The van der Waals surface area contributed by atoms with Crippen molar-refractivity contribution in [3.8, 4) is 0 Å². The second kappa shape index (κ2) is 8.75. The van der Waals surface area contributed by atoms with Crippen molar-refractivity contribution in [1.29, 1.82) is 0 Å². The number of allylic oxidation sites excluding steroid dienone is 4. The number of rotatable bonds is 7. The van der Waals surface area contributed by atoms with Crippen LogP contribution < -0.4 is 5.32 Å². The molecule has 0 aliphatic heterocycles. The summed E-state index contributed by atoms with van der Waals surface area (Å²) in [6.45, 7) is 10.6. The van der Waals surface area contributed by atoms with Gasteiger partial charge in [-0.15, -0.1) is 0 Å². The van der Waals surface area contributed by atoms with Crippen LogP contribution in [0.15, 0.2) is 30.1 Å². The van der Waals surface area contributed by atoms with Gasteiger partial charge in [-0.3, -0.25) is 9.59 Å². The molecule has 0 radical (unpaired) electrons. The summed E-state index contributed by atoms with van der Waals surface area (Å²) < 4.78 is 0. The number of carbonyl (C=O) groups is 2. The van der Waals surface area contributed by atoms with E-state index in [1.54, 1.807) is 25.4 Å². The summed E-state index contributed by atoms with van der Waals surface area (Å²) in [5.41, 5.74) is 3.95. The van der Waals surface area contributed by atoms with Crippen molar-refractivity contribution < 1.29 is 9.59 Å². The molecule has 2 heterocycles. The molecule has 6 heteroatoms. The van der Waals surface area contributed by atoms with Gasteiger partial charge in [0, 0.05) is 12.7 Å². The van der Waals surface area contributed by atoms with Crippen LogP contribution in [0.1, 0.15) is 63.5 Å². The van der Waals surface area contributed by atoms with Crippen LogP contribution in [0.4, 0.5) is 0 Å². The molecule has 2 aromatic heterocycles. The van der Waals surface area contributed by atoms with Crippen LogP contribution in [0.3, 0.4) is 0 Å². The monoisotopic (exact) mass is 368 g/mol. The van der Waals surface area contributed by atoms with Crippen molar-refractivity contribution in [1.82, 2.24) is 20.3 Å². The van der Waals surface area contributed by atoms with E-state index in [0.29, 0.717) is 34.5 Å². The smallest absolute Gasteiger partial charge is 0.255 e. The number of aldehydes is 1. The number of nitrogens with one attached hydrogen (secondary N) is 2. The summed E-state index contributed by atoms with van der Waals surface area (Å²) in [6.07, 6.45) is 9.57. The fraction of sp³-hybridized carbons (Fsp3) is 0.429. The summed E-state index contributed by atoms with van der Waals surface area (Å²) >= 11 is 0. The van der Waals surface area contributed by atoms with E-state index in [9.17, 15) is 9.59 Å². The minimum Gasteiger partial charge on any atom is -0.351 e. The van der Waals surface area contributed by atoms with Gasteiger partial charge in [0.05, 0.1) is 17.5 Å². The van der Waals surface area contributed by atoms with Gasteiger partial charge in [0.1, 0.15) is 11.8 Å². The number of hydrogen-bond acceptors (Lipinski definition) is 4. The minimum absolute atomic E-state index is 0.00157. The highest BCUT2D eigenvalue weighted by molar-refractivity contribution is 6.04. The Morgan fingerprint density at radius 2 is 2.04 bits per heavy atom. The van der Waals surface area contributed by atoms with E-state index in [2.05, 4.69) is 48.0 Å². The maximum Gasteiger partial charge on any atom is 0.255 e. The molecule has 6 nitrogen and oxygen atoms in total.